The van der Waals surface area contributed by atoms with Gasteiger partial charge in [-0.3, -0.25) is 9.89 Å². The Balaban J connectivity index is 1.17. The van der Waals surface area contributed by atoms with Gasteiger partial charge in [-0.05, 0) is 55.5 Å². The third-order valence-corrected chi connectivity index (χ3v) is 9.43. The number of aromatic nitrogens is 2. The lowest BCUT2D eigenvalue weighted by Gasteiger charge is -2.39. The summed E-state index contributed by atoms with van der Waals surface area (Å²) < 4.78 is 39.4. The molecule has 38 heavy (non-hydrogen) atoms. The second-order valence-electron chi connectivity index (χ2n) is 10.2. The number of carbonyl (C=O) groups excluding carboxylic acids is 1. The maximum atomic E-state index is 13.5. The van der Waals surface area contributed by atoms with E-state index in [4.69, 9.17) is 9.47 Å². The lowest BCUT2D eigenvalue weighted by Crippen LogP contribution is -2.44. The fourth-order valence-electron chi connectivity index (χ4n) is 5.25. The third kappa shape index (κ3) is 4.62. The summed E-state index contributed by atoms with van der Waals surface area (Å²) in [5, 5.41) is 20.7. The minimum atomic E-state index is -4.06. The lowest BCUT2D eigenvalue weighted by atomic mass is 10.0. The maximum absolute atomic E-state index is 13.5. The van der Waals surface area contributed by atoms with Gasteiger partial charge in [-0.2, -0.15) is 9.40 Å². The van der Waals surface area contributed by atoms with E-state index in [2.05, 4.69) is 20.4 Å². The molecule has 0 atom stereocenters. The van der Waals surface area contributed by atoms with Gasteiger partial charge in [0.05, 0.1) is 36.1 Å². The van der Waals surface area contributed by atoms with Crippen molar-refractivity contribution in [3.8, 4) is 5.75 Å². The number of ether oxygens (including phenoxy) is 2. The molecule has 2 fully saturated rings. The van der Waals surface area contributed by atoms with Crippen molar-refractivity contribution in [2.24, 2.45) is 0 Å². The van der Waals surface area contributed by atoms with Crippen molar-refractivity contribution < 1.29 is 27.8 Å². The number of H-pyrrole nitrogens is 1. The molecule has 1 saturated heterocycles. The van der Waals surface area contributed by atoms with Crippen molar-refractivity contribution in [1.82, 2.24) is 14.5 Å². The summed E-state index contributed by atoms with van der Waals surface area (Å²) in [6, 6.07) is 9.14. The van der Waals surface area contributed by atoms with E-state index in [1.165, 1.54) is 19.3 Å². The van der Waals surface area contributed by atoms with Crippen molar-refractivity contribution >= 4 is 38.2 Å². The van der Waals surface area contributed by atoms with Crippen LogP contribution in [0.5, 0.6) is 5.75 Å². The number of nitrogens with one attached hydrogen (secondary N) is 2. The highest BCUT2D eigenvalue weighted by Crippen LogP contribution is 2.47. The van der Waals surface area contributed by atoms with Crippen LogP contribution in [0.15, 0.2) is 41.4 Å². The first kappa shape index (κ1) is 25.1. The summed E-state index contributed by atoms with van der Waals surface area (Å²) in [5.41, 5.74) is 1.38. The summed E-state index contributed by atoms with van der Waals surface area (Å²) in [6.07, 6.45) is 4.60. The van der Waals surface area contributed by atoms with Gasteiger partial charge in [0.15, 0.2) is 0 Å². The molecule has 0 spiro atoms. The van der Waals surface area contributed by atoms with Crippen LogP contribution in [-0.4, -0.2) is 79.9 Å². The van der Waals surface area contributed by atoms with Gasteiger partial charge in [0.1, 0.15) is 17.3 Å². The van der Waals surface area contributed by atoms with Crippen LogP contribution in [0.2, 0.25) is 0 Å². The molecule has 202 valence electrons. The molecule has 2 aromatic carbocycles. The molecule has 3 heterocycles. The SMILES string of the molecule is CN(CC(=O)Nc1ccc2c(c1)OCCN2C1CCOCC1)S(=O)(=O)c1cc(C2(O)CC2)cc2cn[nH]c12. The van der Waals surface area contributed by atoms with Crippen LogP contribution >= 0.6 is 0 Å². The first-order chi connectivity index (χ1) is 18.2. The molecule has 6 rings (SSSR count). The highest BCUT2D eigenvalue weighted by molar-refractivity contribution is 7.89. The minimum Gasteiger partial charge on any atom is -0.489 e. The van der Waals surface area contributed by atoms with Crippen LogP contribution in [0.4, 0.5) is 11.4 Å². The van der Waals surface area contributed by atoms with Gasteiger partial charge in [-0.15, -0.1) is 0 Å². The molecule has 0 bridgehead atoms. The quantitative estimate of drug-likeness (QED) is 0.414. The standard InChI is InChI=1S/C26H31N5O6S/c1-30(38(34,35)23-13-18(26(33)6-7-26)12-17-15-27-29-25(17)23)16-24(32)28-19-2-3-21-22(14-19)37-11-8-31(21)20-4-9-36-10-5-20/h2-3,12-15,20,33H,4-11,16H2,1H3,(H,27,29)(H,28,32). The van der Waals surface area contributed by atoms with Crippen LogP contribution in [0.3, 0.4) is 0 Å². The lowest BCUT2D eigenvalue weighted by molar-refractivity contribution is -0.116. The first-order valence-electron chi connectivity index (χ1n) is 12.8. The molecule has 1 aromatic heterocycles. The Hall–Kier alpha value is -3.19. The van der Waals surface area contributed by atoms with Gasteiger partial charge in [0.2, 0.25) is 15.9 Å². The molecule has 1 aliphatic carbocycles. The number of rotatable bonds is 7. The van der Waals surface area contributed by atoms with E-state index in [1.807, 2.05) is 6.07 Å². The van der Waals surface area contributed by atoms with Gasteiger partial charge < -0.3 is 24.8 Å². The summed E-state index contributed by atoms with van der Waals surface area (Å²) in [5.74, 6) is 0.212. The van der Waals surface area contributed by atoms with Crippen LogP contribution in [0.25, 0.3) is 10.9 Å². The molecule has 0 radical (unpaired) electrons. The van der Waals surface area contributed by atoms with Gasteiger partial charge in [0.25, 0.3) is 0 Å². The Morgan fingerprint density at radius 2 is 2.03 bits per heavy atom. The summed E-state index contributed by atoms with van der Waals surface area (Å²) >= 11 is 0. The van der Waals surface area contributed by atoms with Crippen LogP contribution in [0, 0.1) is 0 Å². The summed E-state index contributed by atoms with van der Waals surface area (Å²) in [7, 11) is -2.70. The second kappa shape index (κ2) is 9.53. The van der Waals surface area contributed by atoms with Gasteiger partial charge in [-0.1, -0.05) is 0 Å². The van der Waals surface area contributed by atoms with Crippen LogP contribution < -0.4 is 15.0 Å². The van der Waals surface area contributed by atoms with Crippen molar-refractivity contribution in [2.75, 3.05) is 50.2 Å². The third-order valence-electron chi connectivity index (χ3n) is 7.60. The number of benzene rings is 2. The smallest absolute Gasteiger partial charge is 0.245 e. The number of amides is 1. The van der Waals surface area contributed by atoms with E-state index in [0.717, 1.165) is 42.6 Å². The number of anilines is 2. The average Bonchev–Trinajstić information content (AvgIpc) is 3.49. The highest BCUT2D eigenvalue weighted by atomic mass is 32.2. The number of aliphatic hydroxyl groups is 1. The molecule has 2 aliphatic heterocycles. The van der Waals surface area contributed by atoms with E-state index in [0.29, 0.717) is 53.4 Å². The van der Waals surface area contributed by atoms with Gasteiger partial charge >= 0.3 is 0 Å². The van der Waals surface area contributed by atoms with E-state index >= 15 is 0 Å². The fourth-order valence-corrected chi connectivity index (χ4v) is 6.58. The predicted molar refractivity (Wildman–Crippen MR) is 141 cm³/mol. The number of sulfonamides is 1. The predicted octanol–water partition coefficient (Wildman–Crippen LogP) is 2.18. The molecular weight excluding hydrogens is 510 g/mol. The van der Waals surface area contributed by atoms with E-state index in [1.54, 1.807) is 18.2 Å². The Morgan fingerprint density at radius 1 is 1.24 bits per heavy atom. The van der Waals surface area contributed by atoms with Crippen molar-refractivity contribution in [2.45, 2.75) is 42.2 Å². The van der Waals surface area contributed by atoms with Crippen LogP contribution in [-0.2, 0) is 25.2 Å². The van der Waals surface area contributed by atoms with Gasteiger partial charge in [-0.25, -0.2) is 8.42 Å². The van der Waals surface area contributed by atoms with Gasteiger partial charge in [0, 0.05) is 43.4 Å². The Bertz CT molecular complexity index is 1480. The molecule has 12 heteroatoms. The molecule has 3 aromatic rings. The average molecular weight is 542 g/mol. The van der Waals surface area contributed by atoms with Crippen molar-refractivity contribution in [1.29, 1.82) is 0 Å². The van der Waals surface area contributed by atoms with Crippen molar-refractivity contribution in [3.05, 3.63) is 42.1 Å². The number of nitrogens with zero attached hydrogens (tertiary/aromatic N) is 3. The normalized spacial score (nSPS) is 19.3. The van der Waals surface area contributed by atoms with Crippen LogP contribution in [0.1, 0.15) is 31.2 Å². The number of carbonyl (C=O) groups is 1. The minimum absolute atomic E-state index is 0.0199. The number of hydrogen-bond acceptors (Lipinski definition) is 8. The maximum Gasteiger partial charge on any atom is 0.245 e. The molecular formula is C26H31N5O6S. The zero-order valence-electron chi connectivity index (χ0n) is 21.1. The zero-order chi connectivity index (χ0) is 26.5. The Morgan fingerprint density at radius 3 is 2.79 bits per heavy atom. The number of fused-ring (bicyclic) bond motifs is 2. The molecule has 3 N–H and O–H groups in total. The number of hydrogen-bond donors (Lipinski definition) is 3. The zero-order valence-corrected chi connectivity index (χ0v) is 22.0. The summed E-state index contributed by atoms with van der Waals surface area (Å²) in [6.45, 7) is 2.46. The molecule has 0 unspecified atom stereocenters. The number of likely N-dealkylation sites (N-methyl/N-ethyl adjacent to an activating group) is 1. The molecule has 3 aliphatic rings. The molecule has 1 amide bonds. The highest BCUT2D eigenvalue weighted by Gasteiger charge is 2.43. The summed E-state index contributed by atoms with van der Waals surface area (Å²) in [4.78, 5) is 15.2. The molecule has 11 nitrogen and oxygen atoms in total. The Kier molecular flexibility index (Phi) is 6.29. The second-order valence-corrected chi connectivity index (χ2v) is 12.2. The first-order valence-corrected chi connectivity index (χ1v) is 14.3. The fraction of sp³-hybridized carbons (Fsp3) is 0.462. The number of aromatic amines is 1. The van der Waals surface area contributed by atoms with E-state index in [9.17, 15) is 18.3 Å². The monoisotopic (exact) mass is 541 g/mol. The van der Waals surface area contributed by atoms with E-state index < -0.39 is 28.1 Å². The Labute approximate surface area is 220 Å². The van der Waals surface area contributed by atoms with Crippen molar-refractivity contribution in [3.63, 3.8) is 0 Å². The topological polar surface area (TPSA) is 137 Å². The van der Waals surface area contributed by atoms with E-state index in [-0.39, 0.29) is 4.90 Å². The molecule has 1 saturated carbocycles. The largest absolute Gasteiger partial charge is 0.489 e.